The van der Waals surface area contributed by atoms with Crippen LogP contribution < -0.4 is 0 Å². The Hall–Kier alpha value is -1.36. The number of nitrogens with zero attached hydrogens (tertiary/aromatic N) is 3. The molecule has 2 fully saturated rings. The topological polar surface area (TPSA) is 47.4 Å². The Kier molecular flexibility index (Phi) is 7.76. The van der Waals surface area contributed by atoms with Gasteiger partial charge in [0, 0.05) is 19.3 Å². The molecule has 0 aromatic carbocycles. The van der Waals surface area contributed by atoms with Crippen LogP contribution in [-0.4, -0.2) is 46.4 Å². The summed E-state index contributed by atoms with van der Waals surface area (Å²) in [6.45, 7) is 12.7. The molecular weight excluding hydrogens is 290 g/mol. The Labute approximate surface area is 141 Å². The highest BCUT2D eigenvalue weighted by Crippen LogP contribution is 2.33. The third-order valence-corrected chi connectivity index (χ3v) is 4.42. The second-order valence-electron chi connectivity index (χ2n) is 6.43. The molecule has 1 aliphatic heterocycles. The van der Waals surface area contributed by atoms with E-state index < -0.39 is 0 Å². The molecule has 0 radical (unpaired) electrons. The first kappa shape index (κ1) is 19.7. The van der Waals surface area contributed by atoms with Crippen LogP contribution in [-0.2, 0) is 9.53 Å². The lowest BCUT2D eigenvalue weighted by atomic mass is 10.1. The number of hydrogen-bond donors (Lipinski definition) is 0. The zero-order chi connectivity index (χ0) is 17.6. The molecule has 1 aromatic rings. The molecule has 1 saturated heterocycles. The Balaban J connectivity index is 0.000000215. The smallest absolute Gasteiger partial charge is 0.248 e. The van der Waals surface area contributed by atoms with Gasteiger partial charge < -0.3 is 9.64 Å². The summed E-state index contributed by atoms with van der Waals surface area (Å²) in [5.74, 6) is 0.746. The van der Waals surface area contributed by atoms with Gasteiger partial charge in [-0.2, -0.15) is 5.10 Å². The fourth-order valence-corrected chi connectivity index (χ4v) is 3.01. The highest BCUT2D eigenvalue weighted by atomic mass is 16.5. The van der Waals surface area contributed by atoms with Crippen molar-refractivity contribution in [1.29, 1.82) is 0 Å². The second-order valence-corrected chi connectivity index (χ2v) is 6.43. The summed E-state index contributed by atoms with van der Waals surface area (Å²) in [5, 5.41) is 4.23. The number of rotatable bonds is 1. The SMILES string of the molecule is CC.CC1CCC2C1OCC(=O)N2C.Cc1ccn(C(C)C)n1. The van der Waals surface area contributed by atoms with Gasteiger partial charge in [-0.1, -0.05) is 20.8 Å². The van der Waals surface area contributed by atoms with E-state index in [1.807, 2.05) is 49.7 Å². The molecule has 5 nitrogen and oxygen atoms in total. The maximum atomic E-state index is 11.2. The van der Waals surface area contributed by atoms with E-state index in [0.29, 0.717) is 24.1 Å². The molecule has 1 aliphatic carbocycles. The van der Waals surface area contributed by atoms with Gasteiger partial charge in [0.1, 0.15) is 6.61 Å². The van der Waals surface area contributed by atoms with Gasteiger partial charge in [-0.05, 0) is 45.6 Å². The van der Waals surface area contributed by atoms with Crippen molar-refractivity contribution >= 4 is 5.91 Å². The van der Waals surface area contributed by atoms with Crippen molar-refractivity contribution in [2.24, 2.45) is 5.92 Å². The summed E-state index contributed by atoms with van der Waals surface area (Å²) < 4.78 is 7.46. The van der Waals surface area contributed by atoms with Crippen LogP contribution in [0, 0.1) is 12.8 Å². The minimum Gasteiger partial charge on any atom is -0.366 e. The van der Waals surface area contributed by atoms with Gasteiger partial charge >= 0.3 is 0 Å². The van der Waals surface area contributed by atoms with E-state index in [1.165, 1.54) is 6.42 Å². The van der Waals surface area contributed by atoms with Crippen molar-refractivity contribution in [3.05, 3.63) is 18.0 Å². The molecule has 0 spiro atoms. The average Bonchev–Trinajstić information content (AvgIpc) is 3.13. The van der Waals surface area contributed by atoms with Gasteiger partial charge in [0.2, 0.25) is 5.91 Å². The molecule has 2 aliphatic rings. The van der Waals surface area contributed by atoms with Crippen LogP contribution in [0.25, 0.3) is 0 Å². The van der Waals surface area contributed by atoms with Gasteiger partial charge in [0.15, 0.2) is 0 Å². The molecule has 23 heavy (non-hydrogen) atoms. The Bertz CT molecular complexity index is 484. The number of amides is 1. The van der Waals surface area contributed by atoms with E-state index in [0.717, 1.165) is 12.1 Å². The van der Waals surface area contributed by atoms with E-state index in [-0.39, 0.29) is 12.5 Å². The summed E-state index contributed by atoms with van der Waals surface area (Å²) in [7, 11) is 1.89. The largest absolute Gasteiger partial charge is 0.366 e. The number of fused-ring (bicyclic) bond motifs is 1. The Morgan fingerprint density at radius 1 is 1.30 bits per heavy atom. The third kappa shape index (κ3) is 5.06. The van der Waals surface area contributed by atoms with Gasteiger partial charge in [-0.3, -0.25) is 9.48 Å². The molecule has 1 aromatic heterocycles. The molecule has 132 valence electrons. The van der Waals surface area contributed by atoms with Crippen LogP contribution in [0.1, 0.15) is 59.2 Å². The van der Waals surface area contributed by atoms with Crippen LogP contribution in [0.5, 0.6) is 0 Å². The minimum absolute atomic E-state index is 0.130. The number of hydrogen-bond acceptors (Lipinski definition) is 3. The Morgan fingerprint density at radius 3 is 2.43 bits per heavy atom. The number of likely N-dealkylation sites (N-methyl/N-ethyl adjacent to an activating group) is 1. The average molecular weight is 323 g/mol. The predicted octanol–water partition coefficient (Wildman–Crippen LogP) is 3.44. The van der Waals surface area contributed by atoms with Gasteiger partial charge in [-0.15, -0.1) is 0 Å². The fourth-order valence-electron chi connectivity index (χ4n) is 3.01. The van der Waals surface area contributed by atoms with E-state index in [2.05, 4.69) is 25.9 Å². The zero-order valence-electron chi connectivity index (χ0n) is 15.7. The Morgan fingerprint density at radius 2 is 1.96 bits per heavy atom. The van der Waals surface area contributed by atoms with E-state index >= 15 is 0 Å². The maximum Gasteiger partial charge on any atom is 0.248 e. The maximum absolute atomic E-state index is 11.2. The molecule has 1 amide bonds. The fraction of sp³-hybridized carbons (Fsp3) is 0.778. The molecule has 0 N–H and O–H groups in total. The summed E-state index contributed by atoms with van der Waals surface area (Å²) in [4.78, 5) is 13.1. The molecule has 1 saturated carbocycles. The summed E-state index contributed by atoms with van der Waals surface area (Å²) in [5.41, 5.74) is 1.09. The van der Waals surface area contributed by atoms with Crippen LogP contribution in [0.15, 0.2) is 12.3 Å². The summed E-state index contributed by atoms with van der Waals surface area (Å²) in [6.07, 6.45) is 4.59. The van der Waals surface area contributed by atoms with Crippen molar-refractivity contribution in [2.45, 2.75) is 72.6 Å². The number of morpholine rings is 1. The quantitative estimate of drug-likeness (QED) is 0.795. The number of ether oxygens (including phenoxy) is 1. The van der Waals surface area contributed by atoms with Crippen molar-refractivity contribution in [2.75, 3.05) is 13.7 Å². The highest BCUT2D eigenvalue weighted by Gasteiger charge is 2.41. The number of aromatic nitrogens is 2. The van der Waals surface area contributed by atoms with Crippen LogP contribution in [0.4, 0.5) is 0 Å². The van der Waals surface area contributed by atoms with E-state index in [9.17, 15) is 4.79 Å². The van der Waals surface area contributed by atoms with Gasteiger partial charge in [-0.25, -0.2) is 0 Å². The van der Waals surface area contributed by atoms with E-state index in [1.54, 1.807) is 0 Å². The molecule has 3 unspecified atom stereocenters. The van der Waals surface area contributed by atoms with Crippen molar-refractivity contribution < 1.29 is 9.53 Å². The van der Waals surface area contributed by atoms with Gasteiger partial charge in [0.05, 0.1) is 17.8 Å². The standard InChI is InChI=1S/C9H15NO2.C7H12N2.C2H6/c1-6-3-4-7-9(6)12-5-8(11)10(7)2;1-6(2)9-5-4-7(3)8-9;1-2/h6-7,9H,3-5H2,1-2H3;4-6H,1-3H3;1-2H3. The van der Waals surface area contributed by atoms with Crippen LogP contribution >= 0.6 is 0 Å². The summed E-state index contributed by atoms with van der Waals surface area (Å²) in [6, 6.07) is 2.85. The zero-order valence-corrected chi connectivity index (χ0v) is 15.7. The lowest BCUT2D eigenvalue weighted by molar-refractivity contribution is -0.153. The first-order valence-corrected chi connectivity index (χ1v) is 8.79. The second kappa shape index (κ2) is 9.06. The van der Waals surface area contributed by atoms with Crippen LogP contribution in [0.3, 0.4) is 0 Å². The predicted molar refractivity (Wildman–Crippen MR) is 93.4 cm³/mol. The lowest BCUT2D eigenvalue weighted by Crippen LogP contribution is -2.51. The lowest BCUT2D eigenvalue weighted by Gasteiger charge is -2.35. The number of carbonyl (C=O) groups is 1. The summed E-state index contributed by atoms with van der Waals surface area (Å²) >= 11 is 0. The van der Waals surface area contributed by atoms with Crippen LogP contribution in [0.2, 0.25) is 0 Å². The van der Waals surface area contributed by atoms with Gasteiger partial charge in [0.25, 0.3) is 0 Å². The molecule has 5 heteroatoms. The third-order valence-electron chi connectivity index (χ3n) is 4.42. The first-order chi connectivity index (χ1) is 10.9. The number of aryl methyl sites for hydroxylation is 1. The minimum atomic E-state index is 0.130. The molecule has 0 bridgehead atoms. The monoisotopic (exact) mass is 323 g/mol. The van der Waals surface area contributed by atoms with E-state index in [4.69, 9.17) is 4.74 Å². The van der Waals surface area contributed by atoms with Crippen molar-refractivity contribution in [3.63, 3.8) is 0 Å². The molecule has 3 rings (SSSR count). The molecule has 2 heterocycles. The highest BCUT2D eigenvalue weighted by molar-refractivity contribution is 5.78. The van der Waals surface area contributed by atoms with Crippen molar-refractivity contribution in [3.8, 4) is 0 Å². The molecular formula is C18H33N3O2. The van der Waals surface area contributed by atoms with Crippen molar-refractivity contribution in [1.82, 2.24) is 14.7 Å². The number of carbonyl (C=O) groups excluding carboxylic acids is 1. The normalized spacial score (nSPS) is 26.2. The molecule has 3 atom stereocenters. The first-order valence-electron chi connectivity index (χ1n) is 8.79.